The molecule has 0 unspecified atom stereocenters. The van der Waals surface area contributed by atoms with E-state index in [4.69, 9.17) is 16.3 Å². The van der Waals surface area contributed by atoms with Crippen molar-refractivity contribution in [3.8, 4) is 5.75 Å². The van der Waals surface area contributed by atoms with E-state index in [0.29, 0.717) is 5.41 Å². The minimum absolute atomic E-state index is 0.290. The number of ether oxygens (including phenoxy) is 1. The number of hydrogen-bond acceptors (Lipinski definition) is 1. The van der Waals surface area contributed by atoms with Gasteiger partial charge in [-0.3, -0.25) is 0 Å². The molecule has 1 spiro atoms. The Morgan fingerprint density at radius 2 is 1.93 bits per heavy atom. The van der Waals surface area contributed by atoms with Gasteiger partial charge in [0.15, 0.2) is 0 Å². The van der Waals surface area contributed by atoms with Crippen LogP contribution in [0.4, 0.5) is 0 Å². The summed E-state index contributed by atoms with van der Waals surface area (Å²) < 4.78 is 5.79. The molecular formula is C13H15ClO. The highest BCUT2D eigenvalue weighted by Gasteiger charge is 2.41. The molecule has 1 aliphatic heterocycles. The van der Waals surface area contributed by atoms with Crippen molar-refractivity contribution in [1.82, 2.24) is 0 Å². The van der Waals surface area contributed by atoms with E-state index >= 15 is 0 Å². The Morgan fingerprint density at radius 3 is 2.73 bits per heavy atom. The van der Waals surface area contributed by atoms with Crippen molar-refractivity contribution >= 4 is 11.6 Å². The largest absolute Gasteiger partial charge is 0.492 e. The van der Waals surface area contributed by atoms with E-state index in [1.807, 2.05) is 12.1 Å². The van der Waals surface area contributed by atoms with Crippen molar-refractivity contribution in [3.63, 3.8) is 0 Å². The number of hydrogen-bond donors (Lipinski definition) is 0. The highest BCUT2D eigenvalue weighted by Crippen LogP contribution is 2.48. The molecule has 0 radical (unpaired) electrons. The highest BCUT2D eigenvalue weighted by atomic mass is 35.5. The predicted molar refractivity (Wildman–Crippen MR) is 61.7 cm³/mol. The van der Waals surface area contributed by atoms with Gasteiger partial charge in [-0.15, -0.1) is 0 Å². The third-order valence-electron chi connectivity index (χ3n) is 3.83. The van der Waals surface area contributed by atoms with Crippen molar-refractivity contribution in [2.45, 2.75) is 37.5 Å². The molecule has 1 nitrogen and oxygen atoms in total. The minimum Gasteiger partial charge on any atom is -0.492 e. The summed E-state index contributed by atoms with van der Waals surface area (Å²) >= 11 is 6.07. The number of rotatable bonds is 0. The molecule has 1 saturated carbocycles. The maximum Gasteiger partial charge on any atom is 0.123 e. The molecule has 1 aromatic carbocycles. The lowest BCUT2D eigenvalue weighted by molar-refractivity contribution is 0.212. The van der Waals surface area contributed by atoms with Crippen molar-refractivity contribution in [3.05, 3.63) is 28.8 Å². The standard InChI is InChI=1S/C13H15ClO/c14-10-4-5-12-11(8-10)13(9-15-12)6-2-1-3-7-13/h4-5,8H,1-3,6-7,9H2. The van der Waals surface area contributed by atoms with Gasteiger partial charge in [-0.25, -0.2) is 0 Å². The lowest BCUT2D eigenvalue weighted by Gasteiger charge is -2.32. The SMILES string of the molecule is Clc1ccc2c(c1)C1(CCCCC1)CO2. The lowest BCUT2D eigenvalue weighted by Crippen LogP contribution is -2.30. The van der Waals surface area contributed by atoms with Gasteiger partial charge in [-0.1, -0.05) is 30.9 Å². The van der Waals surface area contributed by atoms with Crippen LogP contribution in [0.1, 0.15) is 37.7 Å². The van der Waals surface area contributed by atoms with Crippen LogP contribution in [0.25, 0.3) is 0 Å². The molecule has 0 saturated heterocycles. The zero-order chi connectivity index (χ0) is 10.3. The molecule has 1 aliphatic carbocycles. The second kappa shape index (κ2) is 3.41. The summed E-state index contributed by atoms with van der Waals surface area (Å²) in [6.07, 6.45) is 6.56. The van der Waals surface area contributed by atoms with Gasteiger partial charge in [0, 0.05) is 16.0 Å². The van der Waals surface area contributed by atoms with Gasteiger partial charge in [-0.2, -0.15) is 0 Å². The third-order valence-corrected chi connectivity index (χ3v) is 4.06. The first kappa shape index (κ1) is 9.53. The lowest BCUT2D eigenvalue weighted by atomic mass is 9.71. The molecule has 0 aromatic heterocycles. The molecule has 1 fully saturated rings. The second-order valence-corrected chi connectivity index (χ2v) is 5.21. The summed E-state index contributed by atoms with van der Waals surface area (Å²) in [7, 11) is 0. The van der Waals surface area contributed by atoms with Crippen LogP contribution in [-0.4, -0.2) is 6.61 Å². The molecule has 1 aromatic rings. The van der Waals surface area contributed by atoms with Crippen molar-refractivity contribution in [2.24, 2.45) is 0 Å². The predicted octanol–water partition coefficient (Wildman–Crippen LogP) is 3.93. The van der Waals surface area contributed by atoms with Crippen LogP contribution in [0, 0.1) is 0 Å². The van der Waals surface area contributed by atoms with E-state index in [1.54, 1.807) is 0 Å². The van der Waals surface area contributed by atoms with Crippen molar-refractivity contribution in [2.75, 3.05) is 6.61 Å². The van der Waals surface area contributed by atoms with Gasteiger partial charge < -0.3 is 4.74 Å². The first-order valence-corrected chi connectivity index (χ1v) is 6.11. The van der Waals surface area contributed by atoms with Gasteiger partial charge in [0.05, 0.1) is 6.61 Å². The molecule has 3 rings (SSSR count). The van der Waals surface area contributed by atoms with Crippen LogP contribution in [-0.2, 0) is 5.41 Å². The van der Waals surface area contributed by atoms with Gasteiger partial charge >= 0.3 is 0 Å². The van der Waals surface area contributed by atoms with Crippen LogP contribution in [0.5, 0.6) is 5.75 Å². The monoisotopic (exact) mass is 222 g/mol. The van der Waals surface area contributed by atoms with Gasteiger partial charge in [0.25, 0.3) is 0 Å². The van der Waals surface area contributed by atoms with E-state index in [2.05, 4.69) is 6.07 Å². The molecule has 2 aliphatic rings. The first-order chi connectivity index (χ1) is 7.30. The Bertz CT molecular complexity index is 375. The summed E-state index contributed by atoms with van der Waals surface area (Å²) in [5.41, 5.74) is 1.65. The average molecular weight is 223 g/mol. The molecule has 80 valence electrons. The van der Waals surface area contributed by atoms with Gasteiger partial charge in [-0.05, 0) is 31.0 Å². The van der Waals surface area contributed by atoms with Gasteiger partial charge in [0.1, 0.15) is 5.75 Å². The van der Waals surface area contributed by atoms with Gasteiger partial charge in [0.2, 0.25) is 0 Å². The maximum absolute atomic E-state index is 6.07. The van der Waals surface area contributed by atoms with E-state index in [9.17, 15) is 0 Å². The maximum atomic E-state index is 6.07. The fraction of sp³-hybridized carbons (Fsp3) is 0.538. The first-order valence-electron chi connectivity index (χ1n) is 5.73. The van der Waals surface area contributed by atoms with Crippen molar-refractivity contribution < 1.29 is 4.74 Å². The Morgan fingerprint density at radius 1 is 1.13 bits per heavy atom. The van der Waals surface area contributed by atoms with Crippen LogP contribution in [0.2, 0.25) is 5.02 Å². The highest BCUT2D eigenvalue weighted by molar-refractivity contribution is 6.30. The summed E-state index contributed by atoms with van der Waals surface area (Å²) in [6, 6.07) is 6.04. The topological polar surface area (TPSA) is 9.23 Å². The molecule has 2 heteroatoms. The fourth-order valence-corrected chi connectivity index (χ4v) is 3.15. The zero-order valence-corrected chi connectivity index (χ0v) is 9.52. The quantitative estimate of drug-likeness (QED) is 0.646. The zero-order valence-electron chi connectivity index (χ0n) is 8.76. The average Bonchev–Trinajstić information content (AvgIpc) is 2.59. The summed E-state index contributed by atoms with van der Waals surface area (Å²) in [5, 5.41) is 0.837. The summed E-state index contributed by atoms with van der Waals surface area (Å²) in [6.45, 7) is 0.864. The molecule has 0 bridgehead atoms. The second-order valence-electron chi connectivity index (χ2n) is 4.77. The Hall–Kier alpha value is -0.690. The molecule has 0 N–H and O–H groups in total. The van der Waals surface area contributed by atoms with E-state index in [1.165, 1.54) is 37.7 Å². The smallest absolute Gasteiger partial charge is 0.123 e. The summed E-state index contributed by atoms with van der Waals surface area (Å²) in [4.78, 5) is 0. The van der Waals surface area contributed by atoms with E-state index in [-0.39, 0.29) is 0 Å². The molecule has 1 heterocycles. The normalized spacial score (nSPS) is 22.5. The Balaban J connectivity index is 2.05. The fourth-order valence-electron chi connectivity index (χ4n) is 2.98. The number of benzene rings is 1. The molecular weight excluding hydrogens is 208 g/mol. The molecule has 0 amide bonds. The van der Waals surface area contributed by atoms with Crippen LogP contribution in [0.3, 0.4) is 0 Å². The Kier molecular flexibility index (Phi) is 2.17. The molecule has 0 atom stereocenters. The van der Waals surface area contributed by atoms with Crippen molar-refractivity contribution in [1.29, 1.82) is 0 Å². The number of halogens is 1. The summed E-state index contributed by atoms with van der Waals surface area (Å²) in [5.74, 6) is 1.06. The Labute approximate surface area is 95.4 Å². The van der Waals surface area contributed by atoms with Crippen LogP contribution >= 0.6 is 11.6 Å². The minimum atomic E-state index is 0.290. The van der Waals surface area contributed by atoms with E-state index < -0.39 is 0 Å². The number of fused-ring (bicyclic) bond motifs is 2. The van der Waals surface area contributed by atoms with Crippen LogP contribution < -0.4 is 4.74 Å². The van der Waals surface area contributed by atoms with E-state index in [0.717, 1.165) is 17.4 Å². The van der Waals surface area contributed by atoms with Crippen LogP contribution in [0.15, 0.2) is 18.2 Å². The third kappa shape index (κ3) is 1.45. The molecule has 15 heavy (non-hydrogen) atoms.